The number of ether oxygens (including phenoxy) is 1. The summed E-state index contributed by atoms with van der Waals surface area (Å²) in [5.74, 6) is -0.0764. The average Bonchev–Trinajstić information content (AvgIpc) is 1.84. The minimum Gasteiger partial charge on any atom is -0.374 e. The molecule has 0 rings (SSSR count). The van der Waals surface area contributed by atoms with Gasteiger partial charge in [-0.1, -0.05) is 6.58 Å². The van der Waals surface area contributed by atoms with Gasteiger partial charge in [0.15, 0.2) is 5.78 Å². The number of ketones is 1. The largest absolute Gasteiger partial charge is 0.374 e. The molecule has 0 N–H and O–H groups in total. The van der Waals surface area contributed by atoms with Crippen LogP contribution in [0.1, 0.15) is 6.92 Å². The van der Waals surface area contributed by atoms with E-state index in [1.165, 1.54) is 13.2 Å². The minimum atomic E-state index is -0.340. The third-order valence-electron chi connectivity index (χ3n) is 0.955. The van der Waals surface area contributed by atoms with Gasteiger partial charge in [0.25, 0.3) is 0 Å². The molecule has 0 saturated carbocycles. The highest BCUT2D eigenvalue weighted by Crippen LogP contribution is 1.88. The maximum atomic E-state index is 10.5. The molecule has 0 radical (unpaired) electrons. The summed E-state index contributed by atoms with van der Waals surface area (Å²) in [7, 11) is 1.49. The van der Waals surface area contributed by atoms with Crippen molar-refractivity contribution >= 4 is 5.78 Å². The summed E-state index contributed by atoms with van der Waals surface area (Å²) in [6.45, 7) is 4.98. The van der Waals surface area contributed by atoms with Gasteiger partial charge in [-0.05, 0) is 13.0 Å². The molecule has 0 aromatic rings. The van der Waals surface area contributed by atoms with Crippen LogP contribution in [0, 0.1) is 0 Å². The van der Waals surface area contributed by atoms with E-state index in [0.717, 1.165) is 0 Å². The average molecular weight is 114 g/mol. The number of methoxy groups -OCH3 is 1. The lowest BCUT2D eigenvalue weighted by atomic mass is 10.2. The van der Waals surface area contributed by atoms with Gasteiger partial charge in [-0.25, -0.2) is 0 Å². The molecule has 0 bridgehead atoms. The fourth-order valence-corrected chi connectivity index (χ4v) is 0.282. The molecule has 0 aromatic heterocycles. The summed E-state index contributed by atoms with van der Waals surface area (Å²) in [5, 5.41) is 0. The van der Waals surface area contributed by atoms with Crippen molar-refractivity contribution in [2.24, 2.45) is 0 Å². The molecule has 0 aliphatic carbocycles. The number of hydrogen-bond acceptors (Lipinski definition) is 2. The summed E-state index contributed by atoms with van der Waals surface area (Å²) in [4.78, 5) is 10.5. The maximum absolute atomic E-state index is 10.5. The molecule has 0 aliphatic rings. The second-order valence-electron chi connectivity index (χ2n) is 1.48. The highest BCUT2D eigenvalue weighted by molar-refractivity contribution is 5.92. The van der Waals surface area contributed by atoms with Gasteiger partial charge in [0.05, 0.1) is 0 Å². The van der Waals surface area contributed by atoms with E-state index in [-0.39, 0.29) is 11.9 Å². The van der Waals surface area contributed by atoms with Crippen LogP contribution >= 0.6 is 0 Å². The van der Waals surface area contributed by atoms with E-state index in [4.69, 9.17) is 0 Å². The van der Waals surface area contributed by atoms with E-state index in [1.807, 2.05) is 0 Å². The van der Waals surface area contributed by atoms with Gasteiger partial charge < -0.3 is 4.74 Å². The molecule has 0 spiro atoms. The SMILES string of the molecule is C=CC(=O)C(C)OC. The molecule has 1 atom stereocenters. The summed E-state index contributed by atoms with van der Waals surface area (Å²) in [5.41, 5.74) is 0. The van der Waals surface area contributed by atoms with Gasteiger partial charge in [0.1, 0.15) is 6.10 Å². The molecule has 0 fully saturated rings. The van der Waals surface area contributed by atoms with Gasteiger partial charge in [-0.15, -0.1) is 0 Å². The predicted octanol–water partition coefficient (Wildman–Crippen LogP) is 0.776. The topological polar surface area (TPSA) is 26.3 Å². The molecular weight excluding hydrogens is 104 g/mol. The zero-order chi connectivity index (χ0) is 6.57. The second-order valence-corrected chi connectivity index (χ2v) is 1.48. The Bertz CT molecular complexity index is 96.7. The summed E-state index contributed by atoms with van der Waals surface area (Å²) in [6.07, 6.45) is 0.918. The number of carbonyl (C=O) groups is 1. The highest BCUT2D eigenvalue weighted by Gasteiger charge is 2.04. The molecular formula is C6H10O2. The van der Waals surface area contributed by atoms with Gasteiger partial charge in [0.2, 0.25) is 0 Å². The Morgan fingerprint density at radius 1 is 1.88 bits per heavy atom. The molecule has 8 heavy (non-hydrogen) atoms. The van der Waals surface area contributed by atoms with Crippen LogP contribution in [-0.4, -0.2) is 19.0 Å². The Balaban J connectivity index is 3.62. The maximum Gasteiger partial charge on any atom is 0.183 e. The molecule has 0 amide bonds. The normalized spacial score (nSPS) is 12.8. The van der Waals surface area contributed by atoms with Crippen LogP contribution in [0.2, 0.25) is 0 Å². The lowest BCUT2D eigenvalue weighted by Crippen LogP contribution is -2.15. The van der Waals surface area contributed by atoms with Crippen LogP contribution in [0.25, 0.3) is 0 Å². The van der Waals surface area contributed by atoms with Crippen molar-refractivity contribution in [3.05, 3.63) is 12.7 Å². The summed E-state index contributed by atoms with van der Waals surface area (Å²) in [6, 6.07) is 0. The predicted molar refractivity (Wildman–Crippen MR) is 31.7 cm³/mol. The number of rotatable bonds is 3. The van der Waals surface area contributed by atoms with Crippen LogP contribution in [0.5, 0.6) is 0 Å². The Labute approximate surface area is 49.1 Å². The van der Waals surface area contributed by atoms with Crippen LogP contribution in [0.15, 0.2) is 12.7 Å². The van der Waals surface area contributed by atoms with Crippen LogP contribution in [-0.2, 0) is 9.53 Å². The molecule has 0 saturated heterocycles. The van der Waals surface area contributed by atoms with E-state index < -0.39 is 0 Å². The fourth-order valence-electron chi connectivity index (χ4n) is 0.282. The smallest absolute Gasteiger partial charge is 0.183 e. The monoisotopic (exact) mass is 114 g/mol. The van der Waals surface area contributed by atoms with Crippen molar-refractivity contribution in [2.45, 2.75) is 13.0 Å². The Morgan fingerprint density at radius 3 is 2.50 bits per heavy atom. The van der Waals surface area contributed by atoms with Gasteiger partial charge in [0, 0.05) is 7.11 Å². The summed E-state index contributed by atoms with van der Waals surface area (Å²) < 4.78 is 4.68. The molecule has 2 heteroatoms. The lowest BCUT2D eigenvalue weighted by Gasteiger charge is -2.01. The van der Waals surface area contributed by atoms with E-state index in [0.29, 0.717) is 0 Å². The quantitative estimate of drug-likeness (QED) is 0.507. The minimum absolute atomic E-state index is 0.0764. The molecule has 0 aliphatic heterocycles. The van der Waals surface area contributed by atoms with Gasteiger partial charge in [-0.2, -0.15) is 0 Å². The zero-order valence-corrected chi connectivity index (χ0v) is 5.18. The van der Waals surface area contributed by atoms with E-state index in [2.05, 4.69) is 11.3 Å². The van der Waals surface area contributed by atoms with E-state index >= 15 is 0 Å². The first kappa shape index (κ1) is 7.37. The molecule has 0 heterocycles. The summed E-state index contributed by atoms with van der Waals surface area (Å²) >= 11 is 0. The van der Waals surface area contributed by atoms with E-state index in [1.54, 1.807) is 6.92 Å². The standard InChI is InChI=1S/C6H10O2/c1-4-6(7)5(2)8-3/h4-5H,1H2,2-3H3. The van der Waals surface area contributed by atoms with Crippen molar-refractivity contribution in [3.63, 3.8) is 0 Å². The Morgan fingerprint density at radius 2 is 2.38 bits per heavy atom. The van der Waals surface area contributed by atoms with Crippen molar-refractivity contribution in [1.82, 2.24) is 0 Å². The lowest BCUT2D eigenvalue weighted by molar-refractivity contribution is -0.122. The number of carbonyl (C=O) groups excluding carboxylic acids is 1. The first-order valence-electron chi connectivity index (χ1n) is 2.41. The van der Waals surface area contributed by atoms with Gasteiger partial charge in [-0.3, -0.25) is 4.79 Å². The molecule has 46 valence electrons. The van der Waals surface area contributed by atoms with Crippen molar-refractivity contribution < 1.29 is 9.53 Å². The highest BCUT2D eigenvalue weighted by atomic mass is 16.5. The van der Waals surface area contributed by atoms with Crippen molar-refractivity contribution in [1.29, 1.82) is 0 Å². The van der Waals surface area contributed by atoms with Crippen LogP contribution in [0.4, 0.5) is 0 Å². The van der Waals surface area contributed by atoms with Crippen molar-refractivity contribution in [3.8, 4) is 0 Å². The van der Waals surface area contributed by atoms with Crippen LogP contribution < -0.4 is 0 Å². The Hall–Kier alpha value is -0.630. The molecule has 0 aromatic carbocycles. The second kappa shape index (κ2) is 3.38. The molecule has 2 nitrogen and oxygen atoms in total. The van der Waals surface area contributed by atoms with E-state index in [9.17, 15) is 4.79 Å². The van der Waals surface area contributed by atoms with Gasteiger partial charge >= 0.3 is 0 Å². The third kappa shape index (κ3) is 1.89. The Kier molecular flexibility index (Phi) is 3.12. The van der Waals surface area contributed by atoms with Crippen LogP contribution in [0.3, 0.4) is 0 Å². The fraction of sp³-hybridized carbons (Fsp3) is 0.500. The molecule has 1 unspecified atom stereocenters. The number of hydrogen-bond donors (Lipinski definition) is 0. The third-order valence-corrected chi connectivity index (χ3v) is 0.955. The first-order valence-corrected chi connectivity index (χ1v) is 2.41. The van der Waals surface area contributed by atoms with Crippen molar-refractivity contribution in [2.75, 3.05) is 7.11 Å². The zero-order valence-electron chi connectivity index (χ0n) is 5.18. The first-order chi connectivity index (χ1) is 3.72.